The molecule has 16 unspecified atom stereocenters. The van der Waals surface area contributed by atoms with E-state index in [1.54, 1.807) is 39.0 Å². The first-order valence-corrected chi connectivity index (χ1v) is 51.8. The normalized spacial score (nSPS) is 40.1. The Balaban J connectivity index is 0.000000465. The van der Waals surface area contributed by atoms with E-state index in [1.165, 1.54) is 6.92 Å². The largest absolute Gasteiger partial charge is 0.481 e. The van der Waals surface area contributed by atoms with Gasteiger partial charge in [0.1, 0.15) is 182 Å². The fourth-order valence-corrected chi connectivity index (χ4v) is 20.9. The molecule has 22 aliphatic rings. The standard InChI is InChI=1S/C60H98O41S2.C33H51N3O5S/c1-3-21(52(82)83)16-102-18-29-50-36(73)43(80)59(93-29)98-48-27(14-64)89-55(39(76)32(48)69)95-45-24(11-61)88-54(38(75)31(45)68)96-46-26(13-63)92-58(42(79)35(46)72)101-51-30(19-103-17-22(53(84)85)10-23(67)5-7-87-9-8-86-6-4-20(2)66)94-60(44(81)37(51)74)99-49-28(15-65)90-56(40(77)33(49)70)97-47-25(12-62)91-57(100-50)41(78)34(47)71;1-21-12-11-13-22(2)31(39)24(4)32(40)33(6,7)28(41-30(38)14-9-8-10-17-34)19-29(37)36-27(16-15-21)23(3)18-26-20-42-25(5)35-26/h21-22,24-51,54-65,68-81H,3-19H2,1-2H3,(H,82,83)(H,84,85);11,13,15,18,20,22,24,27-28,31,39H,8-10,12,14,16-17,19,34H2,1-7H3,(H,36,37)/b;13-11-,21-15-,23-18+/t21?,22?,24?,25?,26?,27?,28?,29?,30?,31-,32-,33-,34-,35-,36-,37-,38?,39?,40?,41?,42?,43?,44?,45-,46-,47-,48-,49-,50-,51-,54-,55+,56-,57-,58-,59+,60-;22-,24+,27-,28-,31-/m10/s1. The van der Waals surface area contributed by atoms with Crippen molar-refractivity contribution < 1.29 is 226 Å². The lowest BCUT2D eigenvalue weighted by Gasteiger charge is -2.50. The first kappa shape index (κ1) is 123. The molecule has 1 aromatic rings. The van der Waals surface area contributed by atoms with E-state index < -0.39 is 319 Å². The van der Waals surface area contributed by atoms with Gasteiger partial charge in [-0.15, -0.1) is 11.3 Å². The van der Waals surface area contributed by atoms with Crippen molar-refractivity contribution in [2.45, 2.75) is 366 Å². The number of thioether (sulfide) groups is 2. The molecule has 52 heteroatoms. The van der Waals surface area contributed by atoms with E-state index in [0.717, 1.165) is 58.2 Å². The third kappa shape index (κ3) is 33.3. The molecule has 1 amide bonds. The van der Waals surface area contributed by atoms with E-state index in [9.17, 15) is 146 Å². The van der Waals surface area contributed by atoms with Crippen LogP contribution in [0.2, 0.25) is 0 Å². The van der Waals surface area contributed by atoms with Crippen molar-refractivity contribution in [1.82, 2.24) is 10.3 Å². The van der Waals surface area contributed by atoms with Gasteiger partial charge in [-0.1, -0.05) is 51.0 Å². The van der Waals surface area contributed by atoms with Gasteiger partial charge in [-0.2, -0.15) is 23.5 Å². The van der Waals surface area contributed by atoms with Gasteiger partial charge in [0.25, 0.3) is 0 Å². The van der Waals surface area contributed by atoms with E-state index in [-0.39, 0.29) is 105 Å². The number of unbranched alkanes of at least 4 members (excludes halogenated alkanes) is 2. The number of nitrogens with zero attached hydrogens (tertiary/aromatic N) is 1. The summed E-state index contributed by atoms with van der Waals surface area (Å²) in [6.07, 6.45) is -63.1. The molecule has 0 radical (unpaired) electrons. The first-order chi connectivity index (χ1) is 68.8. The highest BCUT2D eigenvalue weighted by molar-refractivity contribution is 7.99. The Bertz CT molecular complexity index is 4250. The van der Waals surface area contributed by atoms with Crippen LogP contribution in [0.3, 0.4) is 0 Å². The van der Waals surface area contributed by atoms with Gasteiger partial charge in [0.2, 0.25) is 5.91 Å². The number of hydrogen-bond acceptors (Lipinski definition) is 49. The molecular formula is C93H149N3O46S3. The molecule has 21 fully saturated rings. The number of amides is 1. The summed E-state index contributed by atoms with van der Waals surface area (Å²) in [6, 6.07) is -0.308. The molecule has 14 bridgehead atoms. The van der Waals surface area contributed by atoms with Crippen molar-refractivity contribution in [1.29, 1.82) is 0 Å². The van der Waals surface area contributed by atoms with Crippen LogP contribution >= 0.6 is 34.9 Å². The summed E-state index contributed by atoms with van der Waals surface area (Å²) in [5, 5.41) is 254. The summed E-state index contributed by atoms with van der Waals surface area (Å²) < 4.78 is 99.3. The molecule has 49 nitrogen and oxygen atoms in total. The Morgan fingerprint density at radius 2 is 0.883 bits per heavy atom. The van der Waals surface area contributed by atoms with Crippen LogP contribution in [0, 0.1) is 36.0 Å². The maximum absolute atomic E-state index is 13.8. The lowest BCUT2D eigenvalue weighted by molar-refractivity contribution is -0.395. The highest BCUT2D eigenvalue weighted by Crippen LogP contribution is 2.42. The summed E-state index contributed by atoms with van der Waals surface area (Å²) >= 11 is 3.29. The second-order valence-electron chi connectivity index (χ2n) is 38.2. The molecular weight excluding hydrogens is 1990 g/mol. The van der Waals surface area contributed by atoms with Crippen molar-refractivity contribution in [2.24, 2.45) is 34.8 Å². The number of aromatic nitrogens is 1. The molecule has 0 spiro atoms. The van der Waals surface area contributed by atoms with E-state index in [4.69, 9.17) is 86.3 Å². The zero-order valence-corrected chi connectivity index (χ0v) is 84.6. The third-order valence-corrected chi connectivity index (χ3v) is 30.1. The molecule has 23 rings (SSSR count). The Morgan fingerprint density at radius 1 is 0.510 bits per heavy atom. The van der Waals surface area contributed by atoms with E-state index in [2.05, 4.69) is 16.4 Å². The second-order valence-corrected chi connectivity index (χ2v) is 41.4. The van der Waals surface area contributed by atoms with Crippen molar-refractivity contribution >= 4 is 82.1 Å². The highest BCUT2D eigenvalue weighted by atomic mass is 32.2. The Hall–Kier alpha value is -5.04. The molecule has 21 saturated heterocycles. The van der Waals surface area contributed by atoms with E-state index in [1.807, 2.05) is 51.3 Å². The quantitative estimate of drug-likeness (QED) is 0.0171. The fourth-order valence-electron chi connectivity index (χ4n) is 17.9. The van der Waals surface area contributed by atoms with E-state index in [0.29, 0.717) is 25.8 Å². The smallest absolute Gasteiger partial charge is 0.307 e. The third-order valence-electron chi connectivity index (χ3n) is 26.9. The van der Waals surface area contributed by atoms with Gasteiger partial charge in [-0.05, 0) is 91.8 Å². The number of thiazole rings is 1. The van der Waals surface area contributed by atoms with Crippen LogP contribution in [-0.4, -0.2) is 481 Å². The number of carboxylic acids is 2. The number of carbonyl (C=O) groups is 7. The van der Waals surface area contributed by atoms with Crippen LogP contribution < -0.4 is 11.1 Å². The zero-order chi connectivity index (χ0) is 107. The minimum absolute atomic E-state index is 0.0656. The molecule has 1 aromatic heterocycles. The molecule has 25 N–H and O–H groups in total. The SMILES string of the molecule is C/C1=C/C[C@@H](/C(C)=C/c2csc(C)n2)NC(=O)C[C@H](OC(=O)CCCCCN)C(C)(C)C(=O)[C@H](C)[C@@H](O)[C@@H](C)/C=C\C1.CCC(CSCC1O[C@H]2O[C@@H]3C(CO)O[C@@H](O[C@@H]4C(CO)O[C@H](O[C@@H]5C(CO)O[C@H](O[C@@H]6C(CSCC(CC(=O)CCOCCOCCC(C)=O)C(=O)O)O[C@H](O[C@@H]7C(CO)O[C@H](O[C@@H]8C(CO)O[C@H](O[C@H]1[C@H](O)C2O)C(O)[C@H]8O)C(O)[C@H]7O)C(O)[C@H]6O)C(O)[C@H]5O)C(O)[C@H]4O)C(O)[C@H]3O)C(=O)O. The van der Waals surface area contributed by atoms with Gasteiger partial charge in [0, 0.05) is 65.9 Å². The number of hydrogen-bond donors (Lipinski definition) is 24. The van der Waals surface area contributed by atoms with Crippen LogP contribution in [0.1, 0.15) is 137 Å². The molecule has 23 heterocycles. The molecule has 0 saturated carbocycles. The average molecular weight is 2140 g/mol. The van der Waals surface area contributed by atoms with Crippen molar-refractivity contribution in [3.05, 3.63) is 45.5 Å². The second kappa shape index (κ2) is 58.9. The molecule has 830 valence electrons. The number of rotatable bonds is 35. The summed E-state index contributed by atoms with van der Waals surface area (Å²) in [5.74, 6) is -8.74. The average Bonchev–Trinajstić information content (AvgIpc) is 1.35. The minimum Gasteiger partial charge on any atom is -0.481 e. The number of ether oxygens (including phenoxy) is 17. The number of aryl methyl sites for hydroxylation is 1. The topological polar surface area (TPSA) is 772 Å². The molecule has 0 aromatic carbocycles. The summed E-state index contributed by atoms with van der Waals surface area (Å²) in [7, 11) is 0. The lowest BCUT2D eigenvalue weighted by Crippen LogP contribution is -2.68. The van der Waals surface area contributed by atoms with Crippen LogP contribution in [-0.2, 0) is 114 Å². The number of allylic oxidation sites excluding steroid dienone is 2. The Labute approximate surface area is 850 Å². The highest BCUT2D eigenvalue weighted by Gasteiger charge is 2.61. The lowest BCUT2D eigenvalue weighted by atomic mass is 9.73. The van der Waals surface area contributed by atoms with Crippen LogP contribution in [0.15, 0.2) is 34.8 Å². The molecule has 145 heavy (non-hydrogen) atoms. The van der Waals surface area contributed by atoms with Crippen LogP contribution in [0.25, 0.3) is 6.08 Å². The predicted molar refractivity (Wildman–Crippen MR) is 502 cm³/mol. The molecule has 22 aliphatic heterocycles. The number of carboxylic acid groups (broad SMARTS) is 2. The number of ketones is 3. The van der Waals surface area contributed by atoms with Crippen molar-refractivity contribution in [2.75, 3.05) is 89.0 Å². The number of esters is 1. The van der Waals surface area contributed by atoms with Gasteiger partial charge in [-0.3, -0.25) is 33.6 Å². The number of aliphatic hydroxyl groups excluding tert-OH is 20. The maximum Gasteiger partial charge on any atom is 0.307 e. The number of Topliss-reactive ketones (excluding diaryl/α,β-unsaturated/α-hetero) is 3. The number of nitrogens with two attached hydrogens (primary N) is 1. The van der Waals surface area contributed by atoms with Gasteiger partial charge in [-0.25, -0.2) is 4.98 Å². The fraction of sp³-hybridized carbons (Fsp3) is 0.828. The van der Waals surface area contributed by atoms with Gasteiger partial charge >= 0.3 is 17.9 Å². The molecule has 42 atom stereocenters. The first-order valence-electron chi connectivity index (χ1n) is 48.6. The number of carbonyl (C=O) groups excluding carboxylic acids is 5. The van der Waals surface area contributed by atoms with Gasteiger partial charge in [0.05, 0.1) is 118 Å². The Kier molecular flexibility index (Phi) is 50.1. The number of aliphatic hydroxyl groups is 20. The Morgan fingerprint density at radius 3 is 1.23 bits per heavy atom. The van der Waals surface area contributed by atoms with Crippen LogP contribution in [0.5, 0.6) is 0 Å². The van der Waals surface area contributed by atoms with Gasteiger partial charge < -0.3 is 204 Å². The minimum atomic E-state index is -2.31. The molecule has 0 aliphatic carbocycles. The summed E-state index contributed by atoms with van der Waals surface area (Å²) in [4.78, 5) is 93.6. The predicted octanol–water partition coefficient (Wildman–Crippen LogP) is -5.89. The number of aliphatic carboxylic acids is 2. The zero-order valence-electron chi connectivity index (χ0n) is 82.2. The van der Waals surface area contributed by atoms with Crippen molar-refractivity contribution in [3.8, 4) is 0 Å². The van der Waals surface area contributed by atoms with E-state index >= 15 is 0 Å². The van der Waals surface area contributed by atoms with Gasteiger partial charge in [0.15, 0.2) is 44.0 Å². The summed E-state index contributed by atoms with van der Waals surface area (Å²) in [5.41, 5.74) is 7.28. The maximum atomic E-state index is 13.8. The summed E-state index contributed by atoms with van der Waals surface area (Å²) in [6.45, 7) is 11.2. The monoisotopic (exact) mass is 2140 g/mol. The van der Waals surface area contributed by atoms with Crippen LogP contribution in [0.4, 0.5) is 0 Å². The van der Waals surface area contributed by atoms with Crippen molar-refractivity contribution in [3.63, 3.8) is 0 Å². The number of nitrogens with one attached hydrogen (secondary N) is 1.